The van der Waals surface area contributed by atoms with Crippen molar-refractivity contribution in [3.05, 3.63) is 88.0 Å². The van der Waals surface area contributed by atoms with Gasteiger partial charge in [-0.25, -0.2) is 0 Å². The molecule has 0 spiro atoms. The van der Waals surface area contributed by atoms with Gasteiger partial charge in [0.1, 0.15) is 17.2 Å². The summed E-state index contributed by atoms with van der Waals surface area (Å²) in [5.74, 6) is 1.37. The molecule has 3 nitrogen and oxygen atoms in total. The van der Waals surface area contributed by atoms with E-state index in [1.807, 2.05) is 54.6 Å². The van der Waals surface area contributed by atoms with Gasteiger partial charge in [0.25, 0.3) is 0 Å². The monoisotopic (exact) mass is 645 g/mol. The maximum Gasteiger partial charge on any atom is 0.123 e. The summed E-state index contributed by atoms with van der Waals surface area (Å²) in [6.45, 7) is 38.2. The van der Waals surface area contributed by atoms with E-state index in [0.717, 1.165) is 33.4 Å². The molecule has 0 saturated carbocycles. The summed E-state index contributed by atoms with van der Waals surface area (Å²) in [7, 11) is 0. The van der Waals surface area contributed by atoms with Crippen molar-refractivity contribution in [1.82, 2.24) is 0 Å². The van der Waals surface area contributed by atoms with Crippen molar-refractivity contribution in [2.45, 2.75) is 157 Å². The molecule has 255 valence electrons. The number of phenolic OH excluding ortho intramolecular Hbond substituents is 3. The molecule has 0 aromatic heterocycles. The molecule has 0 saturated heterocycles. The van der Waals surface area contributed by atoms with Crippen molar-refractivity contribution in [3.63, 3.8) is 0 Å². The lowest BCUT2D eigenvalue weighted by Gasteiger charge is -2.26. The highest BCUT2D eigenvalue weighted by Crippen LogP contribution is 2.40. The van der Waals surface area contributed by atoms with E-state index in [0.29, 0.717) is 17.2 Å². The van der Waals surface area contributed by atoms with E-state index in [1.54, 1.807) is 0 Å². The highest BCUT2D eigenvalue weighted by molar-refractivity contribution is 5.75. The van der Waals surface area contributed by atoms with Crippen molar-refractivity contribution in [2.75, 3.05) is 0 Å². The summed E-state index contributed by atoms with van der Waals surface area (Å²) in [6.07, 6.45) is 0. The number of rotatable bonds is 0. The van der Waals surface area contributed by atoms with Crippen LogP contribution in [0.4, 0.5) is 0 Å². The first-order valence-electron chi connectivity index (χ1n) is 16.4. The maximum atomic E-state index is 10.3. The van der Waals surface area contributed by atoms with Crippen molar-refractivity contribution < 1.29 is 15.3 Å². The molecular weight excluding hydrogens is 579 g/mol. The van der Waals surface area contributed by atoms with Gasteiger partial charge >= 0.3 is 0 Å². The summed E-state index contributed by atoms with van der Waals surface area (Å²) in [5.41, 5.74) is 6.09. The molecule has 0 bridgehead atoms. The molecule has 0 aliphatic carbocycles. The molecule has 0 aliphatic rings. The third-order valence-electron chi connectivity index (χ3n) is 7.96. The van der Waals surface area contributed by atoms with Crippen LogP contribution in [0, 0.1) is 0 Å². The second-order valence-electron chi connectivity index (χ2n) is 18.6. The smallest absolute Gasteiger partial charge is 0.123 e. The Balaban J connectivity index is 0.000000653. The van der Waals surface area contributed by atoms with Crippen LogP contribution in [-0.2, 0) is 32.5 Å². The van der Waals surface area contributed by atoms with Gasteiger partial charge in [0.15, 0.2) is 0 Å². The Morgan fingerprint density at radius 1 is 0.283 bits per heavy atom. The standard InChI is InChI=1S/3C14H22O.Al/c3*1-13(2,3)10-8-7-9-11(12(10)15)14(4,5)6;/h3*7-9,15H,1-6H3;. The van der Waals surface area contributed by atoms with Crippen molar-refractivity contribution in [3.8, 4) is 17.2 Å². The van der Waals surface area contributed by atoms with E-state index < -0.39 is 0 Å². The molecule has 4 heteroatoms. The number of para-hydroxylation sites is 3. The van der Waals surface area contributed by atoms with Crippen LogP contribution >= 0.6 is 0 Å². The average molecular weight is 646 g/mol. The van der Waals surface area contributed by atoms with Crippen LogP contribution in [0.5, 0.6) is 17.2 Å². The molecule has 0 aliphatic heterocycles. The molecule has 3 N–H and O–H groups in total. The van der Waals surface area contributed by atoms with Crippen molar-refractivity contribution >= 4 is 17.4 Å². The Kier molecular flexibility index (Phi) is 14.4. The molecule has 0 atom stereocenters. The van der Waals surface area contributed by atoms with Crippen LogP contribution in [0.1, 0.15) is 158 Å². The van der Waals surface area contributed by atoms with Crippen molar-refractivity contribution in [2.24, 2.45) is 0 Å². The van der Waals surface area contributed by atoms with Gasteiger partial charge in [-0.15, -0.1) is 0 Å². The predicted octanol–water partition coefficient (Wildman–Crippen LogP) is 11.6. The molecule has 46 heavy (non-hydrogen) atoms. The largest absolute Gasteiger partial charge is 0.507 e. The third kappa shape index (κ3) is 12.0. The minimum absolute atomic E-state index is 0. The van der Waals surface area contributed by atoms with E-state index in [4.69, 9.17) is 0 Å². The predicted molar refractivity (Wildman–Crippen MR) is 202 cm³/mol. The van der Waals surface area contributed by atoms with Crippen LogP contribution in [-0.4, -0.2) is 32.7 Å². The van der Waals surface area contributed by atoms with Crippen LogP contribution in [0.3, 0.4) is 0 Å². The summed E-state index contributed by atoms with van der Waals surface area (Å²) in [5, 5.41) is 30.8. The quantitative estimate of drug-likeness (QED) is 0.213. The first kappa shape index (κ1) is 43.6. The first-order chi connectivity index (χ1) is 19.9. The first-order valence-corrected chi connectivity index (χ1v) is 16.4. The van der Waals surface area contributed by atoms with E-state index in [9.17, 15) is 15.3 Å². The van der Waals surface area contributed by atoms with Gasteiger partial charge < -0.3 is 15.3 Å². The molecule has 3 radical (unpaired) electrons. The zero-order valence-corrected chi connectivity index (χ0v) is 33.8. The van der Waals surface area contributed by atoms with Gasteiger partial charge in [-0.05, 0) is 65.9 Å². The van der Waals surface area contributed by atoms with Crippen LogP contribution < -0.4 is 0 Å². The maximum absolute atomic E-state index is 10.3. The zero-order chi connectivity index (χ0) is 35.6. The molecular formula is C42H66AlO3. The fourth-order valence-corrected chi connectivity index (χ4v) is 5.26. The molecule has 0 heterocycles. The number of phenols is 3. The number of hydrogen-bond acceptors (Lipinski definition) is 3. The van der Waals surface area contributed by atoms with Crippen LogP contribution in [0.15, 0.2) is 54.6 Å². The SMILES string of the molecule is CC(C)(C)c1cccc(C(C)(C)C)c1O.CC(C)(C)c1cccc(C(C)(C)C)c1O.CC(C)(C)c1cccc(C(C)(C)C)c1O.[Al]. The highest BCUT2D eigenvalue weighted by atomic mass is 27.0. The summed E-state index contributed by atoms with van der Waals surface area (Å²) >= 11 is 0. The topological polar surface area (TPSA) is 60.7 Å². The minimum Gasteiger partial charge on any atom is -0.507 e. The fourth-order valence-electron chi connectivity index (χ4n) is 5.26. The zero-order valence-electron chi connectivity index (χ0n) is 32.6. The normalized spacial score (nSPS) is 12.7. The Hall–Kier alpha value is -2.41. The molecule has 3 aromatic carbocycles. The summed E-state index contributed by atoms with van der Waals surface area (Å²) in [4.78, 5) is 0. The lowest BCUT2D eigenvalue weighted by Crippen LogP contribution is -2.16. The van der Waals surface area contributed by atoms with Gasteiger partial charge in [-0.1, -0.05) is 179 Å². The van der Waals surface area contributed by atoms with E-state index in [1.165, 1.54) is 0 Å². The van der Waals surface area contributed by atoms with E-state index in [2.05, 4.69) is 125 Å². The average Bonchev–Trinajstić information content (AvgIpc) is 2.81. The minimum atomic E-state index is -0.00859. The number of benzene rings is 3. The van der Waals surface area contributed by atoms with Crippen LogP contribution in [0.2, 0.25) is 0 Å². The Bertz CT molecular complexity index is 1140. The summed E-state index contributed by atoms with van der Waals surface area (Å²) < 4.78 is 0. The molecule has 3 aromatic rings. The van der Waals surface area contributed by atoms with E-state index in [-0.39, 0.29) is 49.9 Å². The van der Waals surface area contributed by atoms with Gasteiger partial charge in [0, 0.05) is 17.4 Å². The van der Waals surface area contributed by atoms with Gasteiger partial charge in [-0.2, -0.15) is 0 Å². The molecule has 0 unspecified atom stereocenters. The highest BCUT2D eigenvalue weighted by Gasteiger charge is 2.27. The van der Waals surface area contributed by atoms with Gasteiger partial charge in [-0.3, -0.25) is 0 Å². The number of hydrogen-bond donors (Lipinski definition) is 3. The second-order valence-corrected chi connectivity index (χ2v) is 18.6. The lowest BCUT2D eigenvalue weighted by atomic mass is 9.79. The molecule has 3 rings (SSSR count). The van der Waals surface area contributed by atoms with E-state index >= 15 is 0 Å². The van der Waals surface area contributed by atoms with Gasteiger partial charge in [0.05, 0.1) is 0 Å². The van der Waals surface area contributed by atoms with Gasteiger partial charge in [0.2, 0.25) is 0 Å². The summed E-state index contributed by atoms with van der Waals surface area (Å²) in [6, 6.07) is 18.1. The van der Waals surface area contributed by atoms with Crippen molar-refractivity contribution in [1.29, 1.82) is 0 Å². The third-order valence-corrected chi connectivity index (χ3v) is 7.96. The second kappa shape index (κ2) is 15.2. The Morgan fingerprint density at radius 2 is 0.391 bits per heavy atom. The fraction of sp³-hybridized carbons (Fsp3) is 0.571. The van der Waals surface area contributed by atoms with Crippen LogP contribution in [0.25, 0.3) is 0 Å². The lowest BCUT2D eigenvalue weighted by molar-refractivity contribution is 0.422. The Morgan fingerprint density at radius 3 is 0.478 bits per heavy atom. The molecule has 0 fully saturated rings. The molecule has 0 amide bonds. The Labute approximate surface area is 294 Å². The number of aromatic hydroxyl groups is 3.